The summed E-state index contributed by atoms with van der Waals surface area (Å²) in [6.45, 7) is 1.43. The van der Waals surface area contributed by atoms with Crippen LogP contribution in [0.15, 0.2) is 46.7 Å². The van der Waals surface area contributed by atoms with E-state index in [0.717, 1.165) is 49.2 Å². The Hall–Kier alpha value is -1.96. The van der Waals surface area contributed by atoms with Crippen LogP contribution in [0.3, 0.4) is 0 Å². The van der Waals surface area contributed by atoms with Gasteiger partial charge in [0.25, 0.3) is 5.91 Å². The largest absolute Gasteiger partial charge is 0.312 e. The molecule has 2 amide bonds. The molecule has 0 N–H and O–H groups in total. The standard InChI is InChI=1S/C23H24N2O2S3/c26-21(24-14-6-9-17-8-3-4-11-19(17)24)12-2-1-5-13-25-22(27)20(30-23(25)28)16-18-10-7-15-29-18/h3-4,7-8,10-11,15-16H,1-2,5-6,9,12-14H2/b20-16+. The van der Waals surface area contributed by atoms with Crippen LogP contribution in [0.25, 0.3) is 6.08 Å². The van der Waals surface area contributed by atoms with E-state index in [9.17, 15) is 9.59 Å². The average molecular weight is 457 g/mol. The molecule has 1 aromatic carbocycles. The second kappa shape index (κ2) is 9.90. The molecule has 0 spiro atoms. The van der Waals surface area contributed by atoms with Crippen LogP contribution in [0.4, 0.5) is 5.69 Å². The van der Waals surface area contributed by atoms with Crippen LogP contribution in [-0.4, -0.2) is 34.1 Å². The lowest BCUT2D eigenvalue weighted by atomic mass is 10.0. The molecule has 30 heavy (non-hydrogen) atoms. The number of unbranched alkanes of at least 4 members (excludes halogenated alkanes) is 2. The van der Waals surface area contributed by atoms with Gasteiger partial charge in [0, 0.05) is 30.1 Å². The molecule has 0 radical (unpaired) electrons. The van der Waals surface area contributed by atoms with Crippen LogP contribution in [0, 0.1) is 0 Å². The summed E-state index contributed by atoms with van der Waals surface area (Å²) in [6, 6.07) is 12.2. The van der Waals surface area contributed by atoms with Crippen molar-refractivity contribution in [2.24, 2.45) is 0 Å². The molecule has 2 aliphatic heterocycles. The number of rotatable bonds is 7. The number of hydrogen-bond acceptors (Lipinski definition) is 5. The third-order valence-corrected chi connectivity index (χ3v) is 7.57. The maximum Gasteiger partial charge on any atom is 0.266 e. The Labute approximate surface area is 190 Å². The Morgan fingerprint density at radius 2 is 2.00 bits per heavy atom. The monoisotopic (exact) mass is 456 g/mol. The lowest BCUT2D eigenvalue weighted by Gasteiger charge is -2.29. The molecule has 1 fully saturated rings. The molecule has 4 rings (SSSR count). The number of carbonyl (C=O) groups excluding carboxylic acids is 2. The van der Waals surface area contributed by atoms with Gasteiger partial charge in [-0.05, 0) is 54.8 Å². The molecule has 0 unspecified atom stereocenters. The number of thiophene rings is 1. The minimum Gasteiger partial charge on any atom is -0.312 e. The molecule has 0 atom stereocenters. The molecule has 1 aromatic heterocycles. The molecular weight excluding hydrogens is 432 g/mol. The van der Waals surface area contributed by atoms with Gasteiger partial charge >= 0.3 is 0 Å². The quantitative estimate of drug-likeness (QED) is 0.314. The molecule has 1 saturated heterocycles. The highest BCUT2D eigenvalue weighted by Gasteiger charge is 2.31. The molecule has 7 heteroatoms. The van der Waals surface area contributed by atoms with E-state index in [0.29, 0.717) is 22.2 Å². The molecule has 0 aliphatic carbocycles. The summed E-state index contributed by atoms with van der Waals surface area (Å²) in [5.41, 5.74) is 2.34. The Balaban J connectivity index is 1.23. The second-order valence-corrected chi connectivity index (χ2v) is 10.1. The van der Waals surface area contributed by atoms with Crippen LogP contribution in [-0.2, 0) is 16.0 Å². The van der Waals surface area contributed by atoms with Gasteiger partial charge in [-0.1, -0.05) is 54.7 Å². The number of thioether (sulfide) groups is 1. The Morgan fingerprint density at radius 3 is 2.83 bits per heavy atom. The number of thiocarbonyl (C=S) groups is 1. The molecule has 4 nitrogen and oxygen atoms in total. The van der Waals surface area contributed by atoms with E-state index in [2.05, 4.69) is 6.07 Å². The number of fused-ring (bicyclic) bond motifs is 1. The number of carbonyl (C=O) groups is 2. The normalized spacial score (nSPS) is 17.7. The van der Waals surface area contributed by atoms with Gasteiger partial charge in [-0.3, -0.25) is 14.5 Å². The number of hydrogen-bond donors (Lipinski definition) is 0. The van der Waals surface area contributed by atoms with Crippen LogP contribution >= 0.6 is 35.3 Å². The van der Waals surface area contributed by atoms with E-state index >= 15 is 0 Å². The number of anilines is 1. The first-order valence-electron chi connectivity index (χ1n) is 10.3. The van der Waals surface area contributed by atoms with E-state index in [4.69, 9.17) is 12.2 Å². The first-order valence-corrected chi connectivity index (χ1v) is 12.4. The number of nitrogens with zero attached hydrogens (tertiary/aromatic N) is 2. The summed E-state index contributed by atoms with van der Waals surface area (Å²) >= 11 is 8.39. The van der Waals surface area contributed by atoms with Crippen molar-refractivity contribution in [1.82, 2.24) is 4.90 Å². The highest BCUT2D eigenvalue weighted by atomic mass is 32.2. The van der Waals surface area contributed by atoms with Crippen molar-refractivity contribution < 1.29 is 9.59 Å². The van der Waals surface area contributed by atoms with Crippen molar-refractivity contribution in [3.05, 3.63) is 57.1 Å². The summed E-state index contributed by atoms with van der Waals surface area (Å²) in [5, 5.41) is 2.00. The summed E-state index contributed by atoms with van der Waals surface area (Å²) in [7, 11) is 0. The average Bonchev–Trinajstić information content (AvgIpc) is 3.36. The summed E-state index contributed by atoms with van der Waals surface area (Å²) in [4.78, 5) is 30.7. The van der Waals surface area contributed by atoms with Crippen LogP contribution < -0.4 is 4.90 Å². The minimum atomic E-state index is -0.000555. The first kappa shape index (κ1) is 21.3. The zero-order valence-corrected chi connectivity index (χ0v) is 19.2. The fraction of sp³-hybridized carbons (Fsp3) is 0.348. The molecule has 156 valence electrons. The Kier molecular flexibility index (Phi) is 7.02. The number of amides is 2. The maximum absolute atomic E-state index is 12.7. The van der Waals surface area contributed by atoms with Gasteiger partial charge in [-0.2, -0.15) is 0 Å². The topological polar surface area (TPSA) is 40.6 Å². The highest BCUT2D eigenvalue weighted by Crippen LogP contribution is 2.33. The van der Waals surface area contributed by atoms with Gasteiger partial charge in [-0.15, -0.1) is 11.3 Å². The third-order valence-electron chi connectivity index (χ3n) is 5.37. The lowest BCUT2D eigenvalue weighted by molar-refractivity contribution is -0.122. The smallest absolute Gasteiger partial charge is 0.266 e. The SMILES string of the molecule is O=C1/C(=C\c2cccs2)SC(=S)N1CCCCCC(=O)N1CCCc2ccccc21. The van der Waals surface area contributed by atoms with Crippen molar-refractivity contribution in [2.75, 3.05) is 18.0 Å². The molecule has 0 bridgehead atoms. The van der Waals surface area contributed by atoms with Gasteiger partial charge in [0.2, 0.25) is 5.91 Å². The summed E-state index contributed by atoms with van der Waals surface area (Å²) in [5.74, 6) is 0.200. The number of para-hydroxylation sites is 1. The van der Waals surface area contributed by atoms with Gasteiger partial charge in [0.1, 0.15) is 4.32 Å². The highest BCUT2D eigenvalue weighted by molar-refractivity contribution is 8.26. The predicted octanol–water partition coefficient (Wildman–Crippen LogP) is 5.49. The second-order valence-electron chi connectivity index (χ2n) is 7.44. The number of benzene rings is 1. The van der Waals surface area contributed by atoms with E-state index in [1.165, 1.54) is 17.3 Å². The first-order chi connectivity index (χ1) is 14.6. The van der Waals surface area contributed by atoms with E-state index in [-0.39, 0.29) is 11.8 Å². The van der Waals surface area contributed by atoms with Gasteiger partial charge in [0.05, 0.1) is 4.91 Å². The molecule has 3 heterocycles. The van der Waals surface area contributed by atoms with Crippen LogP contribution in [0.2, 0.25) is 0 Å². The van der Waals surface area contributed by atoms with Gasteiger partial charge in [-0.25, -0.2) is 0 Å². The van der Waals surface area contributed by atoms with Gasteiger partial charge in [0.15, 0.2) is 0 Å². The van der Waals surface area contributed by atoms with E-state index in [1.807, 2.05) is 46.7 Å². The van der Waals surface area contributed by atoms with Crippen molar-refractivity contribution in [2.45, 2.75) is 38.5 Å². The Morgan fingerprint density at radius 1 is 1.13 bits per heavy atom. The summed E-state index contributed by atoms with van der Waals surface area (Å²) in [6.07, 6.45) is 7.12. The number of aryl methyl sites for hydroxylation is 1. The zero-order valence-electron chi connectivity index (χ0n) is 16.7. The van der Waals surface area contributed by atoms with Crippen LogP contribution in [0.5, 0.6) is 0 Å². The molecule has 2 aromatic rings. The Bertz CT molecular complexity index is 969. The van der Waals surface area contributed by atoms with Crippen molar-refractivity contribution in [3.8, 4) is 0 Å². The molecule has 2 aliphatic rings. The fourth-order valence-electron chi connectivity index (χ4n) is 3.85. The minimum absolute atomic E-state index is 0.000555. The van der Waals surface area contributed by atoms with E-state index < -0.39 is 0 Å². The maximum atomic E-state index is 12.7. The van der Waals surface area contributed by atoms with Crippen molar-refractivity contribution in [3.63, 3.8) is 0 Å². The summed E-state index contributed by atoms with van der Waals surface area (Å²) < 4.78 is 0.629. The molecule has 0 saturated carbocycles. The fourth-order valence-corrected chi connectivity index (χ4v) is 5.88. The molecular formula is C23H24N2O2S3. The lowest BCUT2D eigenvalue weighted by Crippen LogP contribution is -2.35. The predicted molar refractivity (Wildman–Crippen MR) is 130 cm³/mol. The van der Waals surface area contributed by atoms with Gasteiger partial charge < -0.3 is 4.90 Å². The third kappa shape index (κ3) is 4.85. The van der Waals surface area contributed by atoms with Crippen LogP contribution in [0.1, 0.15) is 42.5 Å². The van der Waals surface area contributed by atoms with Crippen molar-refractivity contribution in [1.29, 1.82) is 0 Å². The van der Waals surface area contributed by atoms with E-state index in [1.54, 1.807) is 16.2 Å². The van der Waals surface area contributed by atoms with Crippen molar-refractivity contribution >= 4 is 63.2 Å². The zero-order chi connectivity index (χ0) is 20.9.